The summed E-state index contributed by atoms with van der Waals surface area (Å²) >= 11 is 17.6. The van der Waals surface area contributed by atoms with E-state index in [4.69, 9.17) is 39.7 Å². The van der Waals surface area contributed by atoms with Crippen LogP contribution in [-0.2, 0) is 0 Å². The second-order valence-corrected chi connectivity index (χ2v) is 15.9. The van der Waals surface area contributed by atoms with Crippen LogP contribution in [0.3, 0.4) is 0 Å². The zero-order chi connectivity index (χ0) is 17.2. The van der Waals surface area contributed by atoms with Gasteiger partial charge in [-0.25, -0.2) is 0 Å². The first kappa shape index (κ1) is 23.6. The number of halogens is 3. The monoisotopic (exact) mass is 396 g/mol. The standard InChI is InChI=1S/C19H35Cl3Si/c1-2-3-4-5-6-7-8-9-10-11-12-13-14-15-16-17-18-19-23(20,21)22/h1H,3-19H2. The van der Waals surface area contributed by atoms with Gasteiger partial charge in [0.05, 0.1) is 0 Å². The maximum Gasteiger partial charge on any atom is 0.341 e. The van der Waals surface area contributed by atoms with E-state index in [1.54, 1.807) is 0 Å². The maximum absolute atomic E-state index is 5.87. The molecule has 0 bridgehead atoms. The van der Waals surface area contributed by atoms with Gasteiger partial charge in [-0.05, 0) is 12.5 Å². The zero-order valence-corrected chi connectivity index (χ0v) is 18.0. The molecule has 136 valence electrons. The molecule has 0 amide bonds. The van der Waals surface area contributed by atoms with Gasteiger partial charge in [0.1, 0.15) is 0 Å². The Kier molecular flexibility index (Phi) is 18.0. The molecule has 0 aromatic heterocycles. The van der Waals surface area contributed by atoms with Crippen molar-refractivity contribution in [1.82, 2.24) is 0 Å². The summed E-state index contributed by atoms with van der Waals surface area (Å²) in [6, 6.07) is -1.54. The lowest BCUT2D eigenvalue weighted by Crippen LogP contribution is -2.07. The van der Waals surface area contributed by atoms with Crippen molar-refractivity contribution in [3.05, 3.63) is 0 Å². The van der Waals surface area contributed by atoms with Crippen LogP contribution in [0.15, 0.2) is 0 Å². The van der Waals surface area contributed by atoms with E-state index in [1.807, 2.05) is 0 Å². The van der Waals surface area contributed by atoms with Gasteiger partial charge < -0.3 is 0 Å². The molecule has 4 heteroatoms. The van der Waals surface area contributed by atoms with Crippen LogP contribution in [0.25, 0.3) is 0 Å². The first-order chi connectivity index (χ1) is 11.1. The lowest BCUT2D eigenvalue weighted by molar-refractivity contribution is 0.533. The van der Waals surface area contributed by atoms with Crippen molar-refractivity contribution in [2.24, 2.45) is 0 Å². The highest BCUT2D eigenvalue weighted by Gasteiger charge is 2.23. The van der Waals surface area contributed by atoms with Crippen molar-refractivity contribution in [1.29, 1.82) is 0 Å². The smallest absolute Gasteiger partial charge is 0.126 e. The first-order valence-electron chi connectivity index (χ1n) is 9.56. The van der Waals surface area contributed by atoms with Crippen LogP contribution in [-0.4, -0.2) is 6.00 Å². The van der Waals surface area contributed by atoms with Crippen LogP contribution >= 0.6 is 33.2 Å². The fourth-order valence-electron chi connectivity index (χ4n) is 2.85. The highest BCUT2D eigenvalue weighted by atomic mass is 35.8. The molecular formula is C19H35Cl3Si. The molecule has 0 aromatic rings. The lowest BCUT2D eigenvalue weighted by Gasteiger charge is -2.07. The molecule has 0 N–H and O–H groups in total. The molecule has 0 rings (SSSR count). The zero-order valence-electron chi connectivity index (χ0n) is 14.7. The summed E-state index contributed by atoms with van der Waals surface area (Å²) in [5.74, 6) is 2.71. The highest BCUT2D eigenvalue weighted by Crippen LogP contribution is 2.27. The highest BCUT2D eigenvalue weighted by molar-refractivity contribution is 7.64. The van der Waals surface area contributed by atoms with Crippen LogP contribution in [0.5, 0.6) is 0 Å². The van der Waals surface area contributed by atoms with Gasteiger partial charge in [-0.2, -0.15) is 0 Å². The van der Waals surface area contributed by atoms with Gasteiger partial charge in [-0.1, -0.05) is 89.9 Å². The van der Waals surface area contributed by atoms with E-state index in [2.05, 4.69) is 5.92 Å². The van der Waals surface area contributed by atoms with Crippen molar-refractivity contribution < 1.29 is 0 Å². The quantitative estimate of drug-likeness (QED) is 0.0998. The Morgan fingerprint density at radius 3 is 1.13 bits per heavy atom. The molecule has 0 atom stereocenters. The van der Waals surface area contributed by atoms with E-state index in [0.29, 0.717) is 0 Å². The Morgan fingerprint density at radius 2 is 0.826 bits per heavy atom. The van der Waals surface area contributed by atoms with Crippen LogP contribution in [0.2, 0.25) is 6.04 Å². The van der Waals surface area contributed by atoms with Gasteiger partial charge in [0, 0.05) is 6.42 Å². The molecule has 0 unspecified atom stereocenters. The molecular weight excluding hydrogens is 363 g/mol. The summed E-state index contributed by atoms with van der Waals surface area (Å²) < 4.78 is 0. The Balaban J connectivity index is 3.02. The van der Waals surface area contributed by atoms with Gasteiger partial charge >= 0.3 is 6.00 Å². The normalized spacial score (nSPS) is 11.6. The van der Waals surface area contributed by atoms with E-state index < -0.39 is 6.00 Å². The maximum atomic E-state index is 5.87. The van der Waals surface area contributed by atoms with Crippen LogP contribution in [0, 0.1) is 12.3 Å². The molecule has 0 fully saturated rings. The lowest BCUT2D eigenvalue weighted by atomic mass is 10.0. The van der Waals surface area contributed by atoms with E-state index in [9.17, 15) is 0 Å². The van der Waals surface area contributed by atoms with E-state index in [0.717, 1.165) is 18.9 Å². The summed E-state index contributed by atoms with van der Waals surface area (Å²) in [5.41, 5.74) is 0. The summed E-state index contributed by atoms with van der Waals surface area (Å²) in [6.45, 7) is 0. The predicted molar refractivity (Wildman–Crippen MR) is 111 cm³/mol. The Morgan fingerprint density at radius 1 is 0.522 bits per heavy atom. The summed E-state index contributed by atoms with van der Waals surface area (Å²) in [6.07, 6.45) is 26.3. The first-order valence-corrected chi connectivity index (χ1v) is 14.8. The SMILES string of the molecule is C#CCCCCCCCCCCCCCCCCC[Si](Cl)(Cl)Cl. The number of unbranched alkanes of at least 4 members (excludes halogenated alkanes) is 15. The molecule has 0 aliphatic heterocycles. The summed E-state index contributed by atoms with van der Waals surface area (Å²) in [4.78, 5) is 0. The van der Waals surface area contributed by atoms with Crippen molar-refractivity contribution in [3.8, 4) is 12.3 Å². The third-order valence-corrected chi connectivity index (χ3v) is 6.90. The van der Waals surface area contributed by atoms with E-state index >= 15 is 0 Å². The van der Waals surface area contributed by atoms with Gasteiger partial charge in [-0.3, -0.25) is 0 Å². The molecule has 23 heavy (non-hydrogen) atoms. The molecule has 0 aliphatic rings. The number of rotatable bonds is 17. The fraction of sp³-hybridized carbons (Fsp3) is 0.895. The molecule has 0 nitrogen and oxygen atoms in total. The second kappa shape index (κ2) is 17.5. The van der Waals surface area contributed by atoms with Gasteiger partial charge in [0.15, 0.2) is 0 Å². The molecule has 0 aromatic carbocycles. The second-order valence-electron chi connectivity index (χ2n) is 6.62. The van der Waals surface area contributed by atoms with Crippen molar-refractivity contribution in [2.45, 2.75) is 109 Å². The van der Waals surface area contributed by atoms with Crippen molar-refractivity contribution >= 4 is 39.2 Å². The van der Waals surface area contributed by atoms with Gasteiger partial charge in [-0.15, -0.1) is 45.6 Å². The molecule has 0 radical (unpaired) electrons. The van der Waals surface area contributed by atoms with Crippen LogP contribution < -0.4 is 0 Å². The third-order valence-electron chi connectivity index (χ3n) is 4.28. The largest absolute Gasteiger partial charge is 0.341 e. The van der Waals surface area contributed by atoms with E-state index in [-0.39, 0.29) is 0 Å². The Hall–Kier alpha value is 0.647. The number of hydrogen-bond donors (Lipinski definition) is 0. The average molecular weight is 398 g/mol. The molecule has 0 saturated carbocycles. The fourth-order valence-corrected chi connectivity index (χ4v) is 4.70. The van der Waals surface area contributed by atoms with Crippen molar-refractivity contribution in [3.63, 3.8) is 0 Å². The Labute approximate surface area is 160 Å². The topological polar surface area (TPSA) is 0 Å². The van der Waals surface area contributed by atoms with Crippen LogP contribution in [0.1, 0.15) is 103 Å². The summed E-state index contributed by atoms with van der Waals surface area (Å²) in [5, 5.41) is 0. The average Bonchev–Trinajstić information content (AvgIpc) is 2.49. The molecule has 0 spiro atoms. The van der Waals surface area contributed by atoms with Crippen molar-refractivity contribution in [2.75, 3.05) is 0 Å². The van der Waals surface area contributed by atoms with Gasteiger partial charge in [0.2, 0.25) is 0 Å². The molecule has 0 aliphatic carbocycles. The minimum atomic E-state index is -2.36. The summed E-state index contributed by atoms with van der Waals surface area (Å²) in [7, 11) is 0. The predicted octanol–water partition coefficient (Wildman–Crippen LogP) is 8.52. The Bertz CT molecular complexity index is 281. The third kappa shape index (κ3) is 22.6. The van der Waals surface area contributed by atoms with Gasteiger partial charge in [0.25, 0.3) is 0 Å². The number of hydrogen-bond acceptors (Lipinski definition) is 0. The number of terminal acetylenes is 1. The molecule has 0 saturated heterocycles. The molecule has 0 heterocycles. The minimum absolute atomic E-state index is 0.821. The minimum Gasteiger partial charge on any atom is -0.126 e. The van der Waals surface area contributed by atoms with Crippen LogP contribution in [0.4, 0.5) is 0 Å². The van der Waals surface area contributed by atoms with E-state index in [1.165, 1.54) is 89.9 Å².